The van der Waals surface area contributed by atoms with E-state index in [0.29, 0.717) is 6.61 Å². The van der Waals surface area contributed by atoms with Crippen LogP contribution in [0.5, 0.6) is 0 Å². The molecule has 0 radical (unpaired) electrons. The fourth-order valence-corrected chi connectivity index (χ4v) is 7.74. The molecule has 9 nitrogen and oxygen atoms in total. The summed E-state index contributed by atoms with van der Waals surface area (Å²) in [5.74, 6) is -0.375. The zero-order valence-corrected chi connectivity index (χ0v) is 37.1. The Morgan fingerprint density at radius 3 is 1.18 bits per heavy atom. The Kier molecular flexibility index (Phi) is 42.6. The molecule has 1 unspecified atom stereocenters. The molecule has 0 spiro atoms. The van der Waals surface area contributed by atoms with Crippen LogP contribution in [0.3, 0.4) is 0 Å². The summed E-state index contributed by atoms with van der Waals surface area (Å²) >= 11 is 0. The van der Waals surface area contributed by atoms with Crippen molar-refractivity contribution in [3.63, 3.8) is 0 Å². The molecule has 0 saturated heterocycles. The topological polar surface area (TPSA) is 132 Å². The quantitative estimate of drug-likeness (QED) is 0.0312. The number of esters is 1. The summed E-state index contributed by atoms with van der Waals surface area (Å²) in [5, 5.41) is 18.4. The van der Waals surface area contributed by atoms with Crippen molar-refractivity contribution >= 4 is 13.8 Å². The second kappa shape index (κ2) is 43.0. The third kappa shape index (κ3) is 42.9. The maximum Gasteiger partial charge on any atom is 0.472 e. The normalized spacial score (nSPS) is 13.9. The van der Waals surface area contributed by atoms with Crippen LogP contribution in [0.15, 0.2) is 0 Å². The molecule has 0 amide bonds. The summed E-state index contributed by atoms with van der Waals surface area (Å²) in [5.41, 5.74) is 0. The van der Waals surface area contributed by atoms with Gasteiger partial charge in [0.05, 0.1) is 26.4 Å². The van der Waals surface area contributed by atoms with Crippen molar-refractivity contribution in [2.45, 2.75) is 251 Å². The molecule has 0 saturated carbocycles. The van der Waals surface area contributed by atoms with Gasteiger partial charge in [-0.1, -0.05) is 219 Å². The van der Waals surface area contributed by atoms with E-state index in [1.807, 2.05) is 0 Å². The van der Waals surface area contributed by atoms with Crippen LogP contribution < -0.4 is 0 Å². The van der Waals surface area contributed by atoms with E-state index in [0.717, 1.165) is 32.1 Å². The van der Waals surface area contributed by atoms with Crippen molar-refractivity contribution in [3.8, 4) is 0 Å². The number of hydrogen-bond donors (Lipinski definition) is 3. The smallest absolute Gasteiger partial charge is 0.457 e. The summed E-state index contributed by atoms with van der Waals surface area (Å²) in [7, 11) is -4.51. The Hall–Kier alpha value is -0.540. The number of aliphatic hydroxyl groups is 2. The third-order valence-electron chi connectivity index (χ3n) is 10.5. The fourth-order valence-electron chi connectivity index (χ4n) is 6.95. The first-order chi connectivity index (χ1) is 26.8. The monoisotopic (exact) mass is 807 g/mol. The predicted molar refractivity (Wildman–Crippen MR) is 228 cm³/mol. The molecule has 0 aromatic heterocycles. The molecule has 330 valence electrons. The van der Waals surface area contributed by atoms with Gasteiger partial charge in [0.25, 0.3) is 0 Å². The van der Waals surface area contributed by atoms with E-state index in [4.69, 9.17) is 23.6 Å². The highest BCUT2D eigenvalue weighted by molar-refractivity contribution is 7.47. The Bertz CT molecular complexity index is 830. The average Bonchev–Trinajstić information content (AvgIpc) is 3.18. The first-order valence-corrected chi connectivity index (χ1v) is 25.0. The van der Waals surface area contributed by atoms with Gasteiger partial charge in [-0.15, -0.1) is 0 Å². The number of phosphoric ester groups is 1. The lowest BCUT2D eigenvalue weighted by molar-refractivity contribution is -0.154. The van der Waals surface area contributed by atoms with E-state index >= 15 is 0 Å². The number of hydrogen-bond acceptors (Lipinski definition) is 8. The molecule has 0 aliphatic rings. The minimum absolute atomic E-state index is 0.0584. The van der Waals surface area contributed by atoms with E-state index in [2.05, 4.69) is 13.8 Å². The van der Waals surface area contributed by atoms with Crippen molar-refractivity contribution < 1.29 is 43.0 Å². The summed E-state index contributed by atoms with van der Waals surface area (Å²) in [4.78, 5) is 22.6. The number of unbranched alkanes of at least 4 members (excludes halogenated alkanes) is 32. The van der Waals surface area contributed by atoms with Crippen molar-refractivity contribution in [2.75, 3.05) is 33.0 Å². The largest absolute Gasteiger partial charge is 0.472 e. The van der Waals surface area contributed by atoms with Crippen molar-refractivity contribution in [1.82, 2.24) is 0 Å². The minimum atomic E-state index is -4.51. The van der Waals surface area contributed by atoms with Crippen LogP contribution in [0.4, 0.5) is 0 Å². The van der Waals surface area contributed by atoms with Gasteiger partial charge in [0, 0.05) is 13.0 Å². The maximum atomic E-state index is 12.6. The van der Waals surface area contributed by atoms with Gasteiger partial charge in [0.15, 0.2) is 0 Å². The Labute approximate surface area is 339 Å². The predicted octanol–water partition coefficient (Wildman–Crippen LogP) is 13.1. The molecule has 0 aliphatic heterocycles. The first-order valence-electron chi connectivity index (χ1n) is 23.5. The number of carbonyl (C=O) groups is 1. The van der Waals surface area contributed by atoms with Crippen molar-refractivity contribution in [2.24, 2.45) is 0 Å². The first kappa shape index (κ1) is 54.5. The third-order valence-corrected chi connectivity index (χ3v) is 11.5. The summed E-state index contributed by atoms with van der Waals surface area (Å²) in [6.45, 7) is 3.59. The van der Waals surface area contributed by atoms with Gasteiger partial charge in [-0.25, -0.2) is 4.57 Å². The van der Waals surface area contributed by atoms with E-state index in [1.54, 1.807) is 0 Å². The van der Waals surface area contributed by atoms with Crippen molar-refractivity contribution in [3.05, 3.63) is 0 Å². The molecular formula is C45H91O9P. The second-order valence-corrected chi connectivity index (χ2v) is 17.6. The van der Waals surface area contributed by atoms with Crippen LogP contribution in [0.25, 0.3) is 0 Å². The molecule has 3 N–H and O–H groups in total. The highest BCUT2D eigenvalue weighted by Gasteiger charge is 2.26. The maximum absolute atomic E-state index is 12.6. The lowest BCUT2D eigenvalue weighted by atomic mass is 10.0. The lowest BCUT2D eigenvalue weighted by Crippen LogP contribution is -2.29. The Morgan fingerprint density at radius 1 is 0.491 bits per heavy atom. The van der Waals surface area contributed by atoms with Crippen LogP contribution in [0.2, 0.25) is 0 Å². The molecule has 3 atom stereocenters. The SMILES string of the molecule is CCCCCCCCCCCCCCCCCCCCC(=O)O[C@H](COCCCCCCCCCCCCCCCCCC)COP(=O)(O)OC[C@@H](O)CO. The Morgan fingerprint density at radius 2 is 0.818 bits per heavy atom. The number of rotatable bonds is 46. The molecular weight excluding hydrogens is 715 g/mol. The minimum Gasteiger partial charge on any atom is -0.457 e. The van der Waals surface area contributed by atoms with Crippen LogP contribution >= 0.6 is 7.82 Å². The van der Waals surface area contributed by atoms with Gasteiger partial charge < -0.3 is 24.6 Å². The number of aliphatic hydroxyl groups excluding tert-OH is 2. The van der Waals surface area contributed by atoms with Crippen LogP contribution in [0, 0.1) is 0 Å². The molecule has 0 aromatic carbocycles. The molecule has 0 rings (SSSR count). The highest BCUT2D eigenvalue weighted by Crippen LogP contribution is 2.43. The van der Waals surface area contributed by atoms with Gasteiger partial charge in [-0.2, -0.15) is 0 Å². The average molecular weight is 807 g/mol. The standard InChI is InChI=1S/C45H91O9P/c1-3-5-7-9-11-13-15-17-19-21-22-23-25-27-29-31-33-35-37-45(48)54-44(42-53-55(49,50)52-40-43(47)39-46)41-51-38-36-34-32-30-28-26-24-20-18-16-14-12-10-8-6-4-2/h43-44,46-47H,3-42H2,1-2H3,(H,49,50)/t43-,44+/m0/s1. The van der Waals surface area contributed by atoms with Gasteiger partial charge >= 0.3 is 13.8 Å². The van der Waals surface area contributed by atoms with Crippen LogP contribution in [-0.2, 0) is 27.9 Å². The summed E-state index contributed by atoms with van der Waals surface area (Å²) < 4.78 is 33.4. The molecule has 10 heteroatoms. The highest BCUT2D eigenvalue weighted by atomic mass is 31.2. The summed E-state index contributed by atoms with van der Waals surface area (Å²) in [6, 6.07) is 0. The van der Waals surface area contributed by atoms with E-state index in [1.165, 1.54) is 186 Å². The van der Waals surface area contributed by atoms with Gasteiger partial charge in [-0.05, 0) is 12.8 Å². The summed E-state index contributed by atoms with van der Waals surface area (Å²) in [6.07, 6.45) is 42.0. The fraction of sp³-hybridized carbons (Fsp3) is 0.978. The van der Waals surface area contributed by atoms with E-state index in [-0.39, 0.29) is 25.6 Å². The van der Waals surface area contributed by atoms with Crippen molar-refractivity contribution in [1.29, 1.82) is 0 Å². The zero-order valence-electron chi connectivity index (χ0n) is 36.2. The van der Waals surface area contributed by atoms with E-state index in [9.17, 15) is 19.4 Å². The lowest BCUT2D eigenvalue weighted by Gasteiger charge is -2.20. The molecule has 0 aliphatic carbocycles. The molecule has 0 fully saturated rings. The van der Waals surface area contributed by atoms with Crippen LogP contribution in [-0.4, -0.2) is 66.3 Å². The zero-order chi connectivity index (χ0) is 40.3. The van der Waals surface area contributed by atoms with E-state index < -0.39 is 33.2 Å². The number of carbonyl (C=O) groups excluding carboxylic acids is 1. The molecule has 0 bridgehead atoms. The molecule has 0 aromatic rings. The Balaban J connectivity index is 4.07. The number of phosphoric acid groups is 1. The van der Waals surface area contributed by atoms with Gasteiger partial charge in [0.1, 0.15) is 12.2 Å². The van der Waals surface area contributed by atoms with Gasteiger partial charge in [-0.3, -0.25) is 13.8 Å². The number of ether oxygens (including phenoxy) is 2. The molecule has 0 heterocycles. The second-order valence-electron chi connectivity index (χ2n) is 16.1. The molecule has 55 heavy (non-hydrogen) atoms. The van der Waals surface area contributed by atoms with Gasteiger partial charge in [0.2, 0.25) is 0 Å². The van der Waals surface area contributed by atoms with Crippen LogP contribution in [0.1, 0.15) is 239 Å².